The number of hydrogen-bond donors (Lipinski definition) is 0. The molecule has 0 aromatic heterocycles. The van der Waals surface area contributed by atoms with Crippen LogP contribution in [-0.4, -0.2) is 14.1 Å². The minimum Gasteiger partial charge on any atom is -0.377 e. The van der Waals surface area contributed by atoms with Gasteiger partial charge in [-0.2, -0.15) is 0 Å². The van der Waals surface area contributed by atoms with Gasteiger partial charge in [0.1, 0.15) is 11.4 Å². The van der Waals surface area contributed by atoms with Crippen LogP contribution in [0.5, 0.6) is 0 Å². The van der Waals surface area contributed by atoms with E-state index in [1.54, 1.807) is 0 Å². The summed E-state index contributed by atoms with van der Waals surface area (Å²) in [6.45, 7) is 0. The molecular weight excluding hydrogens is 210 g/mol. The molecule has 1 aliphatic rings. The van der Waals surface area contributed by atoms with Crippen LogP contribution >= 0.6 is 0 Å². The quantitative estimate of drug-likeness (QED) is 0.641. The zero-order valence-corrected chi connectivity index (χ0v) is 9.88. The third-order valence-corrected chi connectivity index (χ3v) is 2.95. The molecule has 1 heterocycles. The number of rotatable bonds is 2. The highest BCUT2D eigenvalue weighted by Gasteiger charge is 2.17. The Morgan fingerprint density at radius 3 is 2.29 bits per heavy atom. The van der Waals surface area contributed by atoms with Gasteiger partial charge in [0.2, 0.25) is 0 Å². The van der Waals surface area contributed by atoms with E-state index in [1.165, 1.54) is 11.3 Å². The Morgan fingerprint density at radius 1 is 0.824 bits per heavy atom. The van der Waals surface area contributed by atoms with Crippen molar-refractivity contribution in [1.29, 1.82) is 0 Å². The molecule has 0 fully saturated rings. The van der Waals surface area contributed by atoms with Gasteiger partial charge in [-0.3, -0.25) is 0 Å². The van der Waals surface area contributed by atoms with Crippen molar-refractivity contribution in [3.8, 4) is 11.1 Å². The van der Waals surface area contributed by atoms with Gasteiger partial charge in [0.05, 0.1) is 0 Å². The monoisotopic (exact) mass is 223 g/mol. The van der Waals surface area contributed by atoms with Crippen LogP contribution in [-0.2, 0) is 0 Å². The van der Waals surface area contributed by atoms with Crippen LogP contribution < -0.4 is 4.90 Å². The first-order chi connectivity index (χ1) is 8.27. The molecule has 3 heteroatoms. The van der Waals surface area contributed by atoms with E-state index in [9.17, 15) is 0 Å². The second-order valence-corrected chi connectivity index (χ2v) is 4.28. The maximum Gasteiger partial charge on any atom is 0.121 e. The lowest BCUT2D eigenvalue weighted by Crippen LogP contribution is -2.09. The maximum atomic E-state index is 4.12. The van der Waals surface area contributed by atoms with Crippen LogP contribution in [0.1, 0.15) is 0 Å². The lowest BCUT2D eigenvalue weighted by Gasteiger charge is -2.20. The predicted octanol–water partition coefficient (Wildman–Crippen LogP) is 4.15. The average Bonchev–Trinajstić information content (AvgIpc) is 2.30. The minimum atomic E-state index is 0.982. The van der Waals surface area contributed by atoms with Gasteiger partial charge in [0.15, 0.2) is 0 Å². The Morgan fingerprint density at radius 2 is 1.59 bits per heavy atom. The van der Waals surface area contributed by atoms with Gasteiger partial charge in [0, 0.05) is 30.9 Å². The van der Waals surface area contributed by atoms with Crippen molar-refractivity contribution >= 4 is 17.1 Å². The van der Waals surface area contributed by atoms with Crippen molar-refractivity contribution in [2.75, 3.05) is 19.0 Å². The van der Waals surface area contributed by atoms with E-state index in [2.05, 4.69) is 59.6 Å². The number of fused-ring (bicyclic) bond motifs is 1. The average molecular weight is 223 g/mol. The molecule has 0 atom stereocenters. The third-order valence-electron chi connectivity index (χ3n) is 2.95. The van der Waals surface area contributed by atoms with Gasteiger partial charge in [0.25, 0.3) is 0 Å². The largest absolute Gasteiger partial charge is 0.377 e. The summed E-state index contributed by atoms with van der Waals surface area (Å²) in [6, 6.07) is 14.5. The van der Waals surface area contributed by atoms with Crippen LogP contribution in [0.3, 0.4) is 0 Å². The SMILES string of the molecule is CN(C)c1ccccc1-c1cccc2c1N=N2. The minimum absolute atomic E-state index is 0.982. The van der Waals surface area contributed by atoms with Crippen molar-refractivity contribution in [2.45, 2.75) is 0 Å². The molecule has 0 radical (unpaired) electrons. The van der Waals surface area contributed by atoms with Gasteiger partial charge in [-0.1, -0.05) is 30.3 Å². The fraction of sp³-hybridized carbons (Fsp3) is 0.143. The van der Waals surface area contributed by atoms with E-state index < -0.39 is 0 Å². The Bertz CT molecular complexity index is 600. The molecule has 0 N–H and O–H groups in total. The molecule has 84 valence electrons. The van der Waals surface area contributed by atoms with Gasteiger partial charge < -0.3 is 4.90 Å². The highest BCUT2D eigenvalue weighted by atomic mass is 15.2. The molecule has 0 saturated carbocycles. The van der Waals surface area contributed by atoms with Gasteiger partial charge in [-0.05, 0) is 12.1 Å². The molecular formula is C14H13N3. The van der Waals surface area contributed by atoms with E-state index in [0.29, 0.717) is 0 Å². The molecule has 1 aliphatic heterocycles. The number of nitrogens with zero attached hydrogens (tertiary/aromatic N) is 3. The summed E-state index contributed by atoms with van der Waals surface area (Å²) in [6.07, 6.45) is 0. The summed E-state index contributed by atoms with van der Waals surface area (Å²) in [5.74, 6) is 0. The summed E-state index contributed by atoms with van der Waals surface area (Å²) in [5, 5.41) is 8.12. The van der Waals surface area contributed by atoms with E-state index in [1.807, 2.05) is 12.1 Å². The lowest BCUT2D eigenvalue weighted by molar-refractivity contribution is 1.12. The molecule has 0 amide bonds. The smallest absolute Gasteiger partial charge is 0.121 e. The molecule has 0 aliphatic carbocycles. The Kier molecular flexibility index (Phi) is 2.18. The van der Waals surface area contributed by atoms with E-state index in [0.717, 1.165) is 16.9 Å². The summed E-state index contributed by atoms with van der Waals surface area (Å²) in [4.78, 5) is 2.12. The summed E-state index contributed by atoms with van der Waals surface area (Å²) in [7, 11) is 4.10. The van der Waals surface area contributed by atoms with Crippen molar-refractivity contribution in [3.05, 3.63) is 42.5 Å². The zero-order valence-electron chi connectivity index (χ0n) is 9.88. The normalized spacial score (nSPS) is 11.9. The fourth-order valence-corrected chi connectivity index (χ4v) is 2.08. The van der Waals surface area contributed by atoms with Gasteiger partial charge in [-0.25, -0.2) is 0 Å². The number of anilines is 1. The molecule has 0 saturated heterocycles. The molecule has 2 aromatic carbocycles. The van der Waals surface area contributed by atoms with Crippen LogP contribution in [0.4, 0.5) is 17.1 Å². The summed E-state index contributed by atoms with van der Waals surface area (Å²) in [5.41, 5.74) is 5.54. The standard InChI is InChI=1S/C14H13N3/c1-17(2)13-9-4-3-6-10(13)11-7-5-8-12-14(11)16-15-12/h3-9H,1-2H3. The van der Waals surface area contributed by atoms with E-state index in [4.69, 9.17) is 0 Å². The van der Waals surface area contributed by atoms with Crippen LogP contribution in [0.2, 0.25) is 0 Å². The first kappa shape index (κ1) is 10.0. The van der Waals surface area contributed by atoms with E-state index in [-0.39, 0.29) is 0 Å². The summed E-state index contributed by atoms with van der Waals surface area (Å²) >= 11 is 0. The number of benzene rings is 2. The Labute approximate surface area is 100 Å². The molecule has 3 nitrogen and oxygen atoms in total. The third kappa shape index (κ3) is 1.51. The predicted molar refractivity (Wildman–Crippen MR) is 70.4 cm³/mol. The fourth-order valence-electron chi connectivity index (χ4n) is 2.08. The van der Waals surface area contributed by atoms with E-state index >= 15 is 0 Å². The Balaban J connectivity index is 2.20. The van der Waals surface area contributed by atoms with Gasteiger partial charge in [-0.15, -0.1) is 10.2 Å². The van der Waals surface area contributed by atoms with Crippen LogP contribution in [0.15, 0.2) is 52.7 Å². The van der Waals surface area contributed by atoms with Crippen molar-refractivity contribution < 1.29 is 0 Å². The van der Waals surface area contributed by atoms with Crippen molar-refractivity contribution in [2.24, 2.45) is 10.2 Å². The molecule has 0 bridgehead atoms. The number of para-hydroxylation sites is 1. The first-order valence-corrected chi connectivity index (χ1v) is 5.59. The maximum absolute atomic E-state index is 4.12. The molecule has 2 aromatic rings. The van der Waals surface area contributed by atoms with Crippen LogP contribution in [0, 0.1) is 0 Å². The van der Waals surface area contributed by atoms with Crippen molar-refractivity contribution in [3.63, 3.8) is 0 Å². The second kappa shape index (κ2) is 3.70. The van der Waals surface area contributed by atoms with Crippen molar-refractivity contribution in [1.82, 2.24) is 0 Å². The number of azo groups is 1. The molecule has 3 rings (SSSR count). The zero-order chi connectivity index (χ0) is 11.8. The first-order valence-electron chi connectivity index (χ1n) is 5.59. The number of hydrogen-bond acceptors (Lipinski definition) is 3. The second-order valence-electron chi connectivity index (χ2n) is 4.28. The lowest BCUT2D eigenvalue weighted by atomic mass is 10.00. The highest BCUT2D eigenvalue weighted by molar-refractivity contribution is 5.91. The highest BCUT2D eigenvalue weighted by Crippen LogP contribution is 2.46. The molecule has 17 heavy (non-hydrogen) atoms. The summed E-state index contributed by atoms with van der Waals surface area (Å²) < 4.78 is 0. The molecule has 0 unspecified atom stereocenters. The van der Waals surface area contributed by atoms with Crippen LogP contribution in [0.25, 0.3) is 11.1 Å². The Hall–Kier alpha value is -2.16. The topological polar surface area (TPSA) is 28.0 Å². The molecule has 0 spiro atoms. The van der Waals surface area contributed by atoms with Gasteiger partial charge >= 0.3 is 0 Å².